The van der Waals surface area contributed by atoms with Gasteiger partial charge in [0.2, 0.25) is 15.9 Å². The average Bonchev–Trinajstić information content (AvgIpc) is 2.78. The van der Waals surface area contributed by atoms with Crippen LogP contribution in [0.4, 0.5) is 0 Å². The number of nitrogens with one attached hydrogen (secondary N) is 1. The van der Waals surface area contributed by atoms with Crippen LogP contribution >= 0.6 is 0 Å². The van der Waals surface area contributed by atoms with E-state index in [1.54, 1.807) is 18.2 Å². The number of rotatable bonds is 13. The van der Waals surface area contributed by atoms with Crippen LogP contribution in [0.3, 0.4) is 0 Å². The lowest BCUT2D eigenvalue weighted by atomic mass is 10.00. The largest absolute Gasteiger partial charge is 0.390 e. The van der Waals surface area contributed by atoms with Crippen LogP contribution in [-0.2, 0) is 31.1 Å². The van der Waals surface area contributed by atoms with E-state index in [0.717, 1.165) is 11.8 Å². The normalized spacial score (nSPS) is 15.0. The van der Waals surface area contributed by atoms with Gasteiger partial charge in [0.05, 0.1) is 22.8 Å². The first kappa shape index (κ1) is 28.0. The quantitative estimate of drug-likeness (QED) is 0.424. The van der Waals surface area contributed by atoms with E-state index in [2.05, 4.69) is 5.32 Å². The molecule has 10 heteroatoms. The fraction of sp³-hybridized carbons (Fsp3) is 0.458. The number of hydrogen-bond acceptors (Lipinski definition) is 6. The highest BCUT2D eigenvalue weighted by molar-refractivity contribution is 7.90. The minimum atomic E-state index is -3.85. The molecule has 8 nitrogen and oxygen atoms in total. The van der Waals surface area contributed by atoms with Crippen molar-refractivity contribution < 1.29 is 26.7 Å². The topological polar surface area (TPSA) is 121 Å². The third-order valence-corrected chi connectivity index (χ3v) is 8.32. The first-order chi connectivity index (χ1) is 15.9. The second kappa shape index (κ2) is 12.4. The maximum absolute atomic E-state index is 13.2. The molecule has 0 aliphatic rings. The second-order valence-electron chi connectivity index (χ2n) is 8.54. The number of sulfone groups is 1. The summed E-state index contributed by atoms with van der Waals surface area (Å²) in [6, 6.07) is 16.4. The minimum absolute atomic E-state index is 0.126. The summed E-state index contributed by atoms with van der Waals surface area (Å²) in [5.41, 5.74) is 0.843. The molecular weight excluding hydrogens is 476 g/mol. The van der Waals surface area contributed by atoms with Crippen LogP contribution in [0.5, 0.6) is 0 Å². The lowest BCUT2D eigenvalue weighted by Crippen LogP contribution is -2.52. The van der Waals surface area contributed by atoms with Gasteiger partial charge in [0.15, 0.2) is 0 Å². The fourth-order valence-electron chi connectivity index (χ4n) is 3.64. The Bertz CT molecular complexity index is 1120. The second-order valence-corrected chi connectivity index (χ2v) is 12.7. The Kier molecular flexibility index (Phi) is 10.2. The molecule has 1 amide bonds. The van der Waals surface area contributed by atoms with Crippen molar-refractivity contribution in [2.24, 2.45) is 5.92 Å². The number of aliphatic hydroxyl groups is 1. The third-order valence-electron chi connectivity index (χ3n) is 5.34. The molecule has 34 heavy (non-hydrogen) atoms. The van der Waals surface area contributed by atoms with Gasteiger partial charge >= 0.3 is 0 Å². The summed E-state index contributed by atoms with van der Waals surface area (Å²) in [6.45, 7) is 3.33. The Labute approximate surface area is 203 Å². The van der Waals surface area contributed by atoms with E-state index in [1.165, 1.54) is 23.4 Å². The maximum atomic E-state index is 13.2. The molecule has 0 aliphatic carbocycles. The first-order valence-electron chi connectivity index (χ1n) is 11.2. The number of benzene rings is 2. The maximum Gasteiger partial charge on any atom is 0.243 e. The molecule has 0 heterocycles. The summed E-state index contributed by atoms with van der Waals surface area (Å²) in [5.74, 6) is -1.66. The van der Waals surface area contributed by atoms with Crippen LogP contribution in [0.1, 0.15) is 25.8 Å². The molecule has 0 fully saturated rings. The van der Waals surface area contributed by atoms with Gasteiger partial charge in [0.25, 0.3) is 0 Å². The van der Waals surface area contributed by atoms with Crippen LogP contribution in [0.25, 0.3) is 0 Å². The SMILES string of the molecule is CCCN(CC(O)[C@H](Cc1ccccc1)NC(=O)C(C)CS(C)(=O)=O)S(=O)(=O)c1ccccc1. The Balaban J connectivity index is 2.27. The monoisotopic (exact) mass is 510 g/mol. The van der Waals surface area contributed by atoms with Crippen LogP contribution < -0.4 is 5.32 Å². The molecular formula is C24H34N2O6S2. The molecule has 2 aromatic rings. The summed E-state index contributed by atoms with van der Waals surface area (Å²) >= 11 is 0. The van der Waals surface area contributed by atoms with Gasteiger partial charge in [-0.05, 0) is 30.5 Å². The Morgan fingerprint density at radius 3 is 2.09 bits per heavy atom. The summed E-state index contributed by atoms with van der Waals surface area (Å²) in [5, 5.41) is 13.9. The lowest BCUT2D eigenvalue weighted by molar-refractivity contribution is -0.125. The molecule has 2 aromatic carbocycles. The van der Waals surface area contributed by atoms with Crippen molar-refractivity contribution in [1.82, 2.24) is 9.62 Å². The number of carbonyl (C=O) groups excluding carboxylic acids is 1. The molecule has 2 rings (SSSR count). The average molecular weight is 511 g/mol. The fourth-order valence-corrected chi connectivity index (χ4v) is 6.27. The molecule has 0 aliphatic heterocycles. The Morgan fingerprint density at radius 2 is 1.56 bits per heavy atom. The van der Waals surface area contributed by atoms with Crippen LogP contribution in [0.15, 0.2) is 65.6 Å². The molecule has 0 saturated heterocycles. The van der Waals surface area contributed by atoms with Crippen molar-refractivity contribution in [3.8, 4) is 0 Å². The lowest BCUT2D eigenvalue weighted by Gasteiger charge is -2.30. The number of hydrogen-bond donors (Lipinski definition) is 2. The van der Waals surface area contributed by atoms with Gasteiger partial charge in [-0.1, -0.05) is 62.4 Å². The molecule has 0 bridgehead atoms. The van der Waals surface area contributed by atoms with Gasteiger partial charge in [0, 0.05) is 25.3 Å². The van der Waals surface area contributed by atoms with Crippen LogP contribution in [0, 0.1) is 5.92 Å². The van der Waals surface area contributed by atoms with Crippen molar-refractivity contribution >= 4 is 25.8 Å². The van der Waals surface area contributed by atoms with Crippen molar-refractivity contribution in [2.75, 3.05) is 25.1 Å². The molecule has 2 N–H and O–H groups in total. The molecule has 0 radical (unpaired) electrons. The number of aliphatic hydroxyl groups excluding tert-OH is 1. The van der Waals surface area contributed by atoms with E-state index in [-0.39, 0.29) is 30.2 Å². The van der Waals surface area contributed by atoms with E-state index < -0.39 is 43.8 Å². The zero-order chi connectivity index (χ0) is 25.4. The Morgan fingerprint density at radius 1 is 1.00 bits per heavy atom. The van der Waals surface area contributed by atoms with Crippen LogP contribution in [0.2, 0.25) is 0 Å². The number of carbonyl (C=O) groups is 1. The Hall–Kier alpha value is -2.27. The highest BCUT2D eigenvalue weighted by atomic mass is 32.2. The standard InChI is InChI=1S/C24H34N2O6S2/c1-4-15-26(34(31,32)21-13-9-6-10-14-21)17-23(27)22(16-20-11-7-5-8-12-20)25-24(28)19(2)18-33(3,29)30/h5-14,19,22-23,27H,4,15-18H2,1-3H3,(H,25,28)/t19?,22-,23?/m0/s1. The van der Waals surface area contributed by atoms with E-state index >= 15 is 0 Å². The zero-order valence-corrected chi connectivity index (χ0v) is 21.4. The highest BCUT2D eigenvalue weighted by Gasteiger charge is 2.31. The number of amides is 1. The van der Waals surface area contributed by atoms with Gasteiger partial charge in [-0.3, -0.25) is 4.79 Å². The van der Waals surface area contributed by atoms with E-state index in [0.29, 0.717) is 6.42 Å². The van der Waals surface area contributed by atoms with Gasteiger partial charge in [-0.25, -0.2) is 16.8 Å². The molecule has 0 aromatic heterocycles. The van der Waals surface area contributed by atoms with E-state index in [1.807, 2.05) is 37.3 Å². The van der Waals surface area contributed by atoms with Gasteiger partial charge in [0.1, 0.15) is 9.84 Å². The highest BCUT2D eigenvalue weighted by Crippen LogP contribution is 2.18. The predicted molar refractivity (Wildman–Crippen MR) is 132 cm³/mol. The van der Waals surface area contributed by atoms with Crippen molar-refractivity contribution in [3.05, 3.63) is 66.2 Å². The molecule has 2 unspecified atom stereocenters. The van der Waals surface area contributed by atoms with Crippen LogP contribution in [-0.4, -0.2) is 69.4 Å². The summed E-state index contributed by atoms with van der Waals surface area (Å²) in [4.78, 5) is 12.9. The predicted octanol–water partition coefficient (Wildman–Crippen LogP) is 1.86. The number of nitrogens with zero attached hydrogens (tertiary/aromatic N) is 1. The minimum Gasteiger partial charge on any atom is -0.390 e. The third kappa shape index (κ3) is 8.50. The summed E-state index contributed by atoms with van der Waals surface area (Å²) < 4.78 is 50.8. The first-order valence-corrected chi connectivity index (χ1v) is 14.7. The summed E-state index contributed by atoms with van der Waals surface area (Å²) in [6.07, 6.45) is 0.633. The smallest absolute Gasteiger partial charge is 0.243 e. The van der Waals surface area contributed by atoms with E-state index in [4.69, 9.17) is 0 Å². The van der Waals surface area contributed by atoms with Gasteiger partial charge in [-0.2, -0.15) is 4.31 Å². The molecule has 3 atom stereocenters. The van der Waals surface area contributed by atoms with Gasteiger partial charge in [-0.15, -0.1) is 0 Å². The van der Waals surface area contributed by atoms with Gasteiger partial charge < -0.3 is 10.4 Å². The van der Waals surface area contributed by atoms with E-state index in [9.17, 15) is 26.7 Å². The van der Waals surface area contributed by atoms with Crippen molar-refractivity contribution in [1.29, 1.82) is 0 Å². The van der Waals surface area contributed by atoms with Crippen molar-refractivity contribution in [2.45, 2.75) is 43.7 Å². The molecule has 0 spiro atoms. The summed E-state index contributed by atoms with van der Waals surface area (Å²) in [7, 11) is -7.22. The number of sulfonamides is 1. The zero-order valence-electron chi connectivity index (χ0n) is 19.8. The molecule has 0 saturated carbocycles. The molecule has 188 valence electrons. The van der Waals surface area contributed by atoms with Crippen molar-refractivity contribution in [3.63, 3.8) is 0 Å².